The van der Waals surface area contributed by atoms with E-state index in [0.717, 1.165) is 0 Å². The molecule has 2 heterocycles. The molecule has 0 aromatic heterocycles. The molecule has 0 saturated carbocycles. The lowest BCUT2D eigenvalue weighted by Crippen LogP contribution is -2.45. The predicted molar refractivity (Wildman–Crippen MR) is 76.2 cm³/mol. The van der Waals surface area contributed by atoms with Crippen molar-refractivity contribution in [1.29, 1.82) is 0 Å². The number of carbonyl (C=O) groups is 1. The molecule has 2 amide bonds. The number of hydrogen-bond donors (Lipinski definition) is 1. The summed E-state index contributed by atoms with van der Waals surface area (Å²) in [5.74, 6) is 0.413. The molecule has 2 aliphatic heterocycles. The lowest BCUT2D eigenvalue weighted by molar-refractivity contribution is 0.168. The quantitative estimate of drug-likeness (QED) is 0.756. The van der Waals surface area contributed by atoms with Gasteiger partial charge in [-0.2, -0.15) is 0 Å². The maximum absolute atomic E-state index is 12.2. The fraction of sp³-hybridized carbons (Fsp3) is 0.769. The summed E-state index contributed by atoms with van der Waals surface area (Å²) in [6.07, 6.45) is 1.63. The Hall–Kier alpha value is -1.08. The van der Waals surface area contributed by atoms with Gasteiger partial charge in [-0.05, 0) is 5.92 Å². The summed E-state index contributed by atoms with van der Waals surface area (Å²) in [7, 11) is -1.38. The number of rotatable bonds is 4. The second-order valence-electron chi connectivity index (χ2n) is 6.03. The SMILES string of the molecule is C=CC(COC)NC(=O)N1C[C@@H]2CS(=O)(=O)C[C@]2(C)C1. The summed E-state index contributed by atoms with van der Waals surface area (Å²) in [5.41, 5.74) is -0.304. The summed E-state index contributed by atoms with van der Waals surface area (Å²) >= 11 is 0. The summed E-state index contributed by atoms with van der Waals surface area (Å²) < 4.78 is 28.4. The van der Waals surface area contributed by atoms with E-state index in [1.807, 2.05) is 6.92 Å². The number of nitrogens with one attached hydrogen (secondary N) is 1. The van der Waals surface area contributed by atoms with Crippen molar-refractivity contribution in [3.63, 3.8) is 0 Å². The van der Waals surface area contributed by atoms with Gasteiger partial charge in [-0.25, -0.2) is 13.2 Å². The molecule has 0 spiro atoms. The number of likely N-dealkylation sites (tertiary alicyclic amines) is 1. The molecule has 114 valence electrons. The van der Waals surface area contributed by atoms with Gasteiger partial charge >= 0.3 is 6.03 Å². The fourth-order valence-corrected chi connectivity index (χ4v) is 5.72. The Balaban J connectivity index is 1.97. The number of methoxy groups -OCH3 is 1. The molecular weight excluding hydrogens is 280 g/mol. The second-order valence-corrected chi connectivity index (χ2v) is 8.14. The van der Waals surface area contributed by atoms with Crippen LogP contribution >= 0.6 is 0 Å². The van der Waals surface area contributed by atoms with Gasteiger partial charge in [-0.15, -0.1) is 6.58 Å². The van der Waals surface area contributed by atoms with Crippen molar-refractivity contribution >= 4 is 15.9 Å². The van der Waals surface area contributed by atoms with Gasteiger partial charge in [0, 0.05) is 25.6 Å². The minimum atomic E-state index is -2.94. The lowest BCUT2D eigenvalue weighted by Gasteiger charge is -2.23. The Labute approximate surface area is 120 Å². The summed E-state index contributed by atoms with van der Waals surface area (Å²) in [6, 6.07) is -0.413. The van der Waals surface area contributed by atoms with Crippen molar-refractivity contribution in [3.8, 4) is 0 Å². The molecule has 2 rings (SSSR count). The third kappa shape index (κ3) is 2.98. The highest BCUT2D eigenvalue weighted by molar-refractivity contribution is 7.91. The predicted octanol–water partition coefficient (Wildman–Crippen LogP) is 0.264. The van der Waals surface area contributed by atoms with Crippen LogP contribution in [0.3, 0.4) is 0 Å². The molecular formula is C13H22N2O4S. The average molecular weight is 302 g/mol. The van der Waals surface area contributed by atoms with Crippen LogP contribution in [0.15, 0.2) is 12.7 Å². The largest absolute Gasteiger partial charge is 0.382 e. The van der Waals surface area contributed by atoms with Crippen molar-refractivity contribution in [1.82, 2.24) is 10.2 Å². The van der Waals surface area contributed by atoms with Gasteiger partial charge in [0.2, 0.25) is 0 Å². The first-order valence-corrected chi connectivity index (χ1v) is 8.49. The topological polar surface area (TPSA) is 75.7 Å². The van der Waals surface area contributed by atoms with Gasteiger partial charge in [0.05, 0.1) is 24.2 Å². The number of sulfone groups is 1. The Kier molecular flexibility index (Phi) is 4.11. The minimum Gasteiger partial charge on any atom is -0.382 e. The van der Waals surface area contributed by atoms with E-state index >= 15 is 0 Å². The van der Waals surface area contributed by atoms with Crippen LogP contribution in [0.1, 0.15) is 6.92 Å². The summed E-state index contributed by atoms with van der Waals surface area (Å²) in [6.45, 7) is 6.97. The van der Waals surface area contributed by atoms with E-state index < -0.39 is 9.84 Å². The Morgan fingerprint density at radius 1 is 1.65 bits per heavy atom. The summed E-state index contributed by atoms with van der Waals surface area (Å²) in [5, 5.41) is 2.83. The van der Waals surface area contributed by atoms with Crippen LogP contribution in [0, 0.1) is 11.3 Å². The average Bonchev–Trinajstić information content (AvgIpc) is 2.74. The number of fused-ring (bicyclic) bond motifs is 1. The molecule has 20 heavy (non-hydrogen) atoms. The second kappa shape index (κ2) is 5.37. The highest BCUT2D eigenvalue weighted by Gasteiger charge is 2.53. The molecule has 7 heteroatoms. The zero-order valence-corrected chi connectivity index (χ0v) is 12.8. The number of hydrogen-bond acceptors (Lipinski definition) is 4. The van der Waals surface area contributed by atoms with E-state index in [4.69, 9.17) is 4.74 Å². The van der Waals surface area contributed by atoms with Crippen LogP contribution < -0.4 is 5.32 Å². The molecule has 2 fully saturated rings. The van der Waals surface area contributed by atoms with Crippen molar-refractivity contribution in [3.05, 3.63) is 12.7 Å². The molecule has 6 nitrogen and oxygen atoms in total. The van der Waals surface area contributed by atoms with Crippen molar-refractivity contribution in [2.24, 2.45) is 11.3 Å². The van der Waals surface area contributed by atoms with E-state index in [1.165, 1.54) is 0 Å². The molecule has 0 aromatic rings. The first-order chi connectivity index (χ1) is 9.29. The van der Waals surface area contributed by atoms with Gasteiger partial charge in [0.1, 0.15) is 0 Å². The molecule has 0 bridgehead atoms. The number of ether oxygens (including phenoxy) is 1. The highest BCUT2D eigenvalue weighted by Crippen LogP contribution is 2.43. The van der Waals surface area contributed by atoms with Gasteiger partial charge in [-0.1, -0.05) is 13.0 Å². The van der Waals surface area contributed by atoms with Crippen LogP contribution in [0.25, 0.3) is 0 Å². The number of nitrogens with zero attached hydrogens (tertiary/aromatic N) is 1. The van der Waals surface area contributed by atoms with Crippen molar-refractivity contribution < 1.29 is 17.9 Å². The van der Waals surface area contributed by atoms with E-state index in [9.17, 15) is 13.2 Å². The number of urea groups is 1. The Morgan fingerprint density at radius 2 is 2.35 bits per heavy atom. The molecule has 1 N–H and O–H groups in total. The first-order valence-electron chi connectivity index (χ1n) is 6.67. The molecule has 0 radical (unpaired) electrons. The van der Waals surface area contributed by atoms with Gasteiger partial charge in [-0.3, -0.25) is 0 Å². The van der Waals surface area contributed by atoms with Crippen molar-refractivity contribution in [2.45, 2.75) is 13.0 Å². The minimum absolute atomic E-state index is 0.0443. The maximum Gasteiger partial charge on any atom is 0.317 e. The van der Waals surface area contributed by atoms with Gasteiger partial charge in [0.25, 0.3) is 0 Å². The normalized spacial score (nSPS) is 32.7. The van der Waals surface area contributed by atoms with Gasteiger partial charge in [0.15, 0.2) is 9.84 Å². The zero-order chi connectivity index (χ0) is 15.0. The van der Waals surface area contributed by atoms with Crippen LogP contribution in [0.2, 0.25) is 0 Å². The smallest absolute Gasteiger partial charge is 0.317 e. The van der Waals surface area contributed by atoms with Gasteiger partial charge < -0.3 is 15.0 Å². The van der Waals surface area contributed by atoms with E-state index in [2.05, 4.69) is 11.9 Å². The summed E-state index contributed by atoms with van der Waals surface area (Å²) in [4.78, 5) is 13.9. The molecule has 2 aliphatic rings. The molecule has 0 aliphatic carbocycles. The Morgan fingerprint density at radius 3 is 2.90 bits per heavy atom. The standard InChI is InChI=1S/C13H22N2O4S/c1-4-11(6-19-3)14-12(16)15-5-10-7-20(17,18)9-13(10,2)8-15/h4,10-11H,1,5-9H2,2-3H3,(H,14,16)/t10-,11?,13+/m1/s1. The Bertz CT molecular complexity index is 505. The van der Waals surface area contributed by atoms with Crippen LogP contribution in [0.4, 0.5) is 4.79 Å². The van der Waals surface area contributed by atoms with Crippen LogP contribution in [-0.2, 0) is 14.6 Å². The van der Waals surface area contributed by atoms with E-state index in [1.54, 1.807) is 18.1 Å². The number of carbonyl (C=O) groups excluding carboxylic acids is 1. The van der Waals surface area contributed by atoms with E-state index in [-0.39, 0.29) is 34.9 Å². The molecule has 3 atom stereocenters. The van der Waals surface area contributed by atoms with Crippen molar-refractivity contribution in [2.75, 3.05) is 38.3 Å². The third-order valence-corrected chi connectivity index (χ3v) is 6.22. The third-order valence-electron chi connectivity index (χ3n) is 4.21. The van der Waals surface area contributed by atoms with Crippen LogP contribution in [0.5, 0.6) is 0 Å². The molecule has 2 saturated heterocycles. The molecule has 1 unspecified atom stereocenters. The lowest BCUT2D eigenvalue weighted by atomic mass is 9.84. The maximum atomic E-state index is 12.2. The van der Waals surface area contributed by atoms with Crippen LogP contribution in [-0.4, -0.2) is 63.7 Å². The fourth-order valence-electron chi connectivity index (χ4n) is 3.15. The highest BCUT2D eigenvalue weighted by atomic mass is 32.2. The molecule has 0 aromatic carbocycles. The number of amides is 2. The van der Waals surface area contributed by atoms with E-state index in [0.29, 0.717) is 19.7 Å². The first kappa shape index (κ1) is 15.3. The monoisotopic (exact) mass is 302 g/mol. The zero-order valence-electron chi connectivity index (χ0n) is 12.0.